The summed E-state index contributed by atoms with van der Waals surface area (Å²) >= 11 is 0. The number of anilines is 1. The summed E-state index contributed by atoms with van der Waals surface area (Å²) in [4.78, 5) is 4.21. The van der Waals surface area contributed by atoms with Crippen LogP contribution in [0.4, 0.5) is 5.69 Å². The van der Waals surface area contributed by atoms with Crippen molar-refractivity contribution in [2.45, 2.75) is 30.3 Å². The molecule has 2 aromatic rings. The minimum atomic E-state index is -3.53. The van der Waals surface area contributed by atoms with E-state index in [0.29, 0.717) is 12.2 Å². The van der Waals surface area contributed by atoms with Gasteiger partial charge < -0.3 is 5.73 Å². The van der Waals surface area contributed by atoms with Crippen LogP contribution >= 0.6 is 0 Å². The third-order valence-electron chi connectivity index (χ3n) is 3.51. The molecule has 1 heterocycles. The molecule has 0 aliphatic heterocycles. The van der Waals surface area contributed by atoms with Gasteiger partial charge in [0.25, 0.3) is 0 Å². The molecule has 110 valence electrons. The van der Waals surface area contributed by atoms with Gasteiger partial charge in [-0.15, -0.1) is 0 Å². The molecule has 1 aliphatic carbocycles. The van der Waals surface area contributed by atoms with E-state index in [9.17, 15) is 8.42 Å². The Balaban J connectivity index is 1.93. The van der Waals surface area contributed by atoms with Crippen molar-refractivity contribution in [1.82, 2.24) is 9.29 Å². The smallest absolute Gasteiger partial charge is 0.243 e. The minimum Gasteiger partial charge on any atom is -0.399 e. The summed E-state index contributed by atoms with van der Waals surface area (Å²) in [6, 6.07) is 10.2. The molecule has 1 fully saturated rings. The molecule has 1 aliphatic rings. The Labute approximate surface area is 124 Å². The molecule has 0 amide bonds. The van der Waals surface area contributed by atoms with Crippen LogP contribution in [-0.4, -0.2) is 23.7 Å². The zero-order chi connectivity index (χ0) is 14.9. The second-order valence-electron chi connectivity index (χ2n) is 5.21. The number of hydrogen-bond donors (Lipinski definition) is 1. The van der Waals surface area contributed by atoms with E-state index in [1.165, 1.54) is 6.07 Å². The van der Waals surface area contributed by atoms with Gasteiger partial charge in [-0.3, -0.25) is 4.98 Å². The van der Waals surface area contributed by atoms with Crippen LogP contribution in [0.1, 0.15) is 18.4 Å². The van der Waals surface area contributed by atoms with Crippen molar-refractivity contribution in [2.24, 2.45) is 0 Å². The van der Waals surface area contributed by atoms with Crippen LogP contribution in [0.5, 0.6) is 0 Å². The van der Waals surface area contributed by atoms with E-state index in [4.69, 9.17) is 5.73 Å². The molecular formula is C15H17N3O2S. The van der Waals surface area contributed by atoms with Crippen LogP contribution in [0.2, 0.25) is 0 Å². The summed E-state index contributed by atoms with van der Waals surface area (Å²) in [6.07, 6.45) is 5.17. The van der Waals surface area contributed by atoms with E-state index in [0.717, 1.165) is 18.4 Å². The number of rotatable bonds is 5. The summed E-state index contributed by atoms with van der Waals surface area (Å²) in [6.45, 7) is 0.365. The Morgan fingerprint density at radius 2 is 1.90 bits per heavy atom. The van der Waals surface area contributed by atoms with Gasteiger partial charge in [0.05, 0.1) is 4.90 Å². The lowest BCUT2D eigenvalue weighted by atomic mass is 10.3. The highest BCUT2D eigenvalue weighted by Crippen LogP contribution is 2.33. The van der Waals surface area contributed by atoms with Gasteiger partial charge in [-0.2, -0.15) is 4.31 Å². The summed E-state index contributed by atoms with van der Waals surface area (Å²) in [5.74, 6) is 0. The number of pyridine rings is 1. The van der Waals surface area contributed by atoms with E-state index in [2.05, 4.69) is 4.98 Å². The van der Waals surface area contributed by atoms with E-state index in [1.54, 1.807) is 34.9 Å². The van der Waals surface area contributed by atoms with Crippen LogP contribution in [-0.2, 0) is 16.6 Å². The molecule has 0 radical (unpaired) electrons. The standard InChI is InChI=1S/C15H17N3O2S/c16-13-2-1-3-15(10-13)21(19,20)18(14-4-5-14)11-12-6-8-17-9-7-12/h1-3,6-10,14H,4-5,11,16H2. The first-order valence-corrected chi connectivity index (χ1v) is 8.28. The topological polar surface area (TPSA) is 76.3 Å². The number of hydrogen-bond acceptors (Lipinski definition) is 4. The Bertz CT molecular complexity index is 728. The normalized spacial score (nSPS) is 15.3. The highest BCUT2D eigenvalue weighted by Gasteiger charge is 2.38. The molecule has 2 N–H and O–H groups in total. The fourth-order valence-corrected chi connectivity index (χ4v) is 3.98. The summed E-state index contributed by atoms with van der Waals surface area (Å²) < 4.78 is 27.2. The SMILES string of the molecule is Nc1cccc(S(=O)(=O)N(Cc2ccncc2)C2CC2)c1. The van der Waals surface area contributed by atoms with Crippen LogP contribution in [0.15, 0.2) is 53.7 Å². The lowest BCUT2D eigenvalue weighted by Crippen LogP contribution is -2.32. The van der Waals surface area contributed by atoms with E-state index >= 15 is 0 Å². The maximum absolute atomic E-state index is 12.8. The molecule has 1 saturated carbocycles. The van der Waals surface area contributed by atoms with Crippen LogP contribution in [0.3, 0.4) is 0 Å². The van der Waals surface area contributed by atoms with Gasteiger partial charge in [0.2, 0.25) is 10.0 Å². The Kier molecular flexibility index (Phi) is 3.65. The molecule has 6 heteroatoms. The number of nitrogen functional groups attached to an aromatic ring is 1. The zero-order valence-electron chi connectivity index (χ0n) is 11.5. The quantitative estimate of drug-likeness (QED) is 0.857. The van der Waals surface area contributed by atoms with Crippen molar-refractivity contribution in [3.05, 3.63) is 54.4 Å². The summed E-state index contributed by atoms with van der Waals surface area (Å²) in [7, 11) is -3.53. The fraction of sp³-hybridized carbons (Fsp3) is 0.267. The summed E-state index contributed by atoms with van der Waals surface area (Å²) in [5, 5.41) is 0. The van der Waals surface area contributed by atoms with Gasteiger partial charge in [0, 0.05) is 30.7 Å². The minimum absolute atomic E-state index is 0.0876. The number of benzene rings is 1. The maximum atomic E-state index is 12.8. The van der Waals surface area contributed by atoms with Crippen molar-refractivity contribution in [2.75, 3.05) is 5.73 Å². The Morgan fingerprint density at radius 1 is 1.19 bits per heavy atom. The number of nitrogens with two attached hydrogens (primary N) is 1. The molecule has 21 heavy (non-hydrogen) atoms. The van der Waals surface area contributed by atoms with E-state index < -0.39 is 10.0 Å². The molecule has 3 rings (SSSR count). The average molecular weight is 303 g/mol. The van der Waals surface area contributed by atoms with Gasteiger partial charge in [0.1, 0.15) is 0 Å². The van der Waals surface area contributed by atoms with Gasteiger partial charge in [-0.1, -0.05) is 6.07 Å². The van der Waals surface area contributed by atoms with Gasteiger partial charge in [-0.05, 0) is 48.7 Å². The van der Waals surface area contributed by atoms with Crippen molar-refractivity contribution in [1.29, 1.82) is 0 Å². The number of aromatic nitrogens is 1. The fourth-order valence-electron chi connectivity index (χ4n) is 2.25. The first-order valence-electron chi connectivity index (χ1n) is 6.83. The molecule has 0 saturated heterocycles. The monoisotopic (exact) mass is 303 g/mol. The Hall–Kier alpha value is -1.92. The van der Waals surface area contributed by atoms with Crippen LogP contribution in [0.25, 0.3) is 0 Å². The molecule has 0 spiro atoms. The maximum Gasteiger partial charge on any atom is 0.243 e. The van der Waals surface area contributed by atoms with E-state index in [-0.39, 0.29) is 10.9 Å². The van der Waals surface area contributed by atoms with Crippen LogP contribution in [0, 0.1) is 0 Å². The number of sulfonamides is 1. The third-order valence-corrected chi connectivity index (χ3v) is 5.40. The van der Waals surface area contributed by atoms with Gasteiger partial charge in [0.15, 0.2) is 0 Å². The largest absolute Gasteiger partial charge is 0.399 e. The molecule has 1 aromatic carbocycles. The first kappa shape index (κ1) is 14.0. The van der Waals surface area contributed by atoms with Crippen LogP contribution < -0.4 is 5.73 Å². The van der Waals surface area contributed by atoms with E-state index in [1.807, 2.05) is 12.1 Å². The van der Waals surface area contributed by atoms with Crippen molar-refractivity contribution in [3.8, 4) is 0 Å². The molecule has 5 nitrogen and oxygen atoms in total. The highest BCUT2D eigenvalue weighted by molar-refractivity contribution is 7.89. The second-order valence-corrected chi connectivity index (χ2v) is 7.10. The number of nitrogens with zero attached hydrogens (tertiary/aromatic N) is 2. The molecule has 1 aromatic heterocycles. The second kappa shape index (κ2) is 5.46. The van der Waals surface area contributed by atoms with Crippen molar-refractivity contribution in [3.63, 3.8) is 0 Å². The van der Waals surface area contributed by atoms with Gasteiger partial charge >= 0.3 is 0 Å². The van der Waals surface area contributed by atoms with Crippen molar-refractivity contribution < 1.29 is 8.42 Å². The molecular weight excluding hydrogens is 286 g/mol. The molecule has 0 atom stereocenters. The predicted molar refractivity (Wildman–Crippen MR) is 80.8 cm³/mol. The zero-order valence-corrected chi connectivity index (χ0v) is 12.3. The average Bonchev–Trinajstić information content (AvgIpc) is 3.30. The van der Waals surface area contributed by atoms with Gasteiger partial charge in [-0.25, -0.2) is 8.42 Å². The predicted octanol–water partition coefficient (Wildman–Crippen LogP) is 2.02. The molecule has 0 bridgehead atoms. The lowest BCUT2D eigenvalue weighted by Gasteiger charge is -2.22. The highest BCUT2D eigenvalue weighted by atomic mass is 32.2. The Morgan fingerprint density at radius 3 is 2.52 bits per heavy atom. The third kappa shape index (κ3) is 3.06. The summed E-state index contributed by atoms with van der Waals surface area (Å²) in [5.41, 5.74) is 7.10. The molecule has 0 unspecified atom stereocenters. The van der Waals surface area contributed by atoms with Crippen molar-refractivity contribution >= 4 is 15.7 Å². The first-order chi connectivity index (χ1) is 10.1. The lowest BCUT2D eigenvalue weighted by molar-refractivity contribution is 0.398.